The molecule has 1 fully saturated rings. The van der Waals surface area contributed by atoms with Gasteiger partial charge in [0.15, 0.2) is 6.61 Å². The molecule has 2 aromatic carbocycles. The average Bonchev–Trinajstić information content (AvgIpc) is 3.28. The van der Waals surface area contributed by atoms with Crippen molar-refractivity contribution in [3.63, 3.8) is 0 Å². The molecule has 172 valence electrons. The molecular weight excluding hydrogens is 492 g/mol. The number of amides is 2. The lowest BCUT2D eigenvalue weighted by molar-refractivity contribution is -0.143. The average molecular weight is 522 g/mol. The van der Waals surface area contributed by atoms with Crippen LogP contribution < -0.4 is 10.1 Å². The van der Waals surface area contributed by atoms with E-state index in [4.69, 9.17) is 16.3 Å². The van der Waals surface area contributed by atoms with E-state index in [0.717, 1.165) is 41.3 Å². The Kier molecular flexibility index (Phi) is 9.00. The van der Waals surface area contributed by atoms with Gasteiger partial charge in [0, 0.05) is 22.1 Å². The molecule has 1 N–H and O–H groups in total. The number of hydrogen-bond acceptors (Lipinski definition) is 3. The number of rotatable bonds is 9. The Balaban J connectivity index is 1.77. The standard InChI is InChI=1S/C25H30BrClN2O3/c1-3-23(25(31)28-19-9-5-6-10-19)29(15-18-8-4-7-11-22(18)27)24(30)16-32-20-12-13-21(26)17(2)14-20/h4,7-8,11-14,19,23H,3,5-6,9-10,15-16H2,1-2H3,(H,28,31)/t23-/m0/s1. The second kappa shape index (κ2) is 11.7. The first-order chi connectivity index (χ1) is 15.4. The van der Waals surface area contributed by atoms with Gasteiger partial charge in [0.1, 0.15) is 11.8 Å². The summed E-state index contributed by atoms with van der Waals surface area (Å²) in [7, 11) is 0. The van der Waals surface area contributed by atoms with Crippen molar-refractivity contribution < 1.29 is 14.3 Å². The first kappa shape index (κ1) is 24.6. The molecule has 1 aliphatic carbocycles. The van der Waals surface area contributed by atoms with Crippen LogP contribution in [-0.2, 0) is 16.1 Å². The van der Waals surface area contributed by atoms with Gasteiger partial charge in [-0.3, -0.25) is 9.59 Å². The maximum atomic E-state index is 13.3. The maximum Gasteiger partial charge on any atom is 0.261 e. The summed E-state index contributed by atoms with van der Waals surface area (Å²) < 4.78 is 6.76. The van der Waals surface area contributed by atoms with E-state index in [-0.39, 0.29) is 31.0 Å². The van der Waals surface area contributed by atoms with E-state index in [1.165, 1.54) is 0 Å². The van der Waals surface area contributed by atoms with Crippen molar-refractivity contribution in [2.75, 3.05) is 6.61 Å². The normalized spacial score (nSPS) is 14.8. The fourth-order valence-corrected chi connectivity index (χ4v) is 4.47. The number of ether oxygens (including phenoxy) is 1. The van der Waals surface area contributed by atoms with Crippen molar-refractivity contribution >= 4 is 39.3 Å². The van der Waals surface area contributed by atoms with Crippen LogP contribution in [0.4, 0.5) is 0 Å². The van der Waals surface area contributed by atoms with Gasteiger partial charge in [-0.05, 0) is 61.6 Å². The smallest absolute Gasteiger partial charge is 0.261 e. The minimum absolute atomic E-state index is 0.112. The molecule has 0 saturated heterocycles. The summed E-state index contributed by atoms with van der Waals surface area (Å²) in [6.07, 6.45) is 4.75. The van der Waals surface area contributed by atoms with E-state index >= 15 is 0 Å². The molecule has 3 rings (SSSR count). The molecule has 1 atom stereocenters. The van der Waals surface area contributed by atoms with Gasteiger partial charge in [-0.25, -0.2) is 0 Å². The summed E-state index contributed by atoms with van der Waals surface area (Å²) in [6.45, 7) is 3.98. The van der Waals surface area contributed by atoms with Gasteiger partial charge < -0.3 is 15.0 Å². The van der Waals surface area contributed by atoms with Gasteiger partial charge in [0.05, 0.1) is 0 Å². The first-order valence-corrected chi connectivity index (χ1v) is 12.3. The van der Waals surface area contributed by atoms with Gasteiger partial charge in [-0.1, -0.05) is 65.5 Å². The van der Waals surface area contributed by atoms with E-state index < -0.39 is 6.04 Å². The Bertz CT molecular complexity index is 947. The lowest BCUT2D eigenvalue weighted by Crippen LogP contribution is -2.52. The van der Waals surface area contributed by atoms with E-state index in [9.17, 15) is 9.59 Å². The second-order valence-corrected chi connectivity index (χ2v) is 9.49. The third-order valence-electron chi connectivity index (χ3n) is 5.88. The zero-order valence-electron chi connectivity index (χ0n) is 18.6. The highest BCUT2D eigenvalue weighted by Gasteiger charge is 2.31. The van der Waals surface area contributed by atoms with E-state index in [0.29, 0.717) is 17.2 Å². The molecule has 1 saturated carbocycles. The summed E-state index contributed by atoms with van der Waals surface area (Å²) in [5, 5.41) is 3.71. The van der Waals surface area contributed by atoms with Crippen LogP contribution in [0.15, 0.2) is 46.9 Å². The van der Waals surface area contributed by atoms with Crippen LogP contribution in [0.25, 0.3) is 0 Å². The predicted octanol–water partition coefficient (Wildman–Crippen LogP) is 5.66. The van der Waals surface area contributed by atoms with E-state index in [1.807, 2.05) is 50.2 Å². The largest absolute Gasteiger partial charge is 0.484 e. The number of nitrogens with zero attached hydrogens (tertiary/aromatic N) is 1. The van der Waals surface area contributed by atoms with E-state index in [1.54, 1.807) is 11.0 Å². The monoisotopic (exact) mass is 520 g/mol. The van der Waals surface area contributed by atoms with E-state index in [2.05, 4.69) is 21.2 Å². The van der Waals surface area contributed by atoms with Crippen LogP contribution >= 0.6 is 27.5 Å². The predicted molar refractivity (Wildman–Crippen MR) is 131 cm³/mol. The van der Waals surface area contributed by atoms with Gasteiger partial charge in [-0.2, -0.15) is 0 Å². The molecule has 2 aromatic rings. The van der Waals surface area contributed by atoms with Gasteiger partial charge in [0.25, 0.3) is 5.91 Å². The Morgan fingerprint density at radius 1 is 1.22 bits per heavy atom. The molecule has 0 spiro atoms. The maximum absolute atomic E-state index is 13.3. The van der Waals surface area contributed by atoms with Crippen molar-refractivity contribution in [1.29, 1.82) is 0 Å². The minimum Gasteiger partial charge on any atom is -0.484 e. The van der Waals surface area contributed by atoms with Crippen LogP contribution in [0, 0.1) is 6.92 Å². The molecule has 0 aliphatic heterocycles. The first-order valence-electron chi connectivity index (χ1n) is 11.1. The quantitative estimate of drug-likeness (QED) is 0.463. The fraction of sp³-hybridized carbons (Fsp3) is 0.440. The fourth-order valence-electron chi connectivity index (χ4n) is 4.03. The lowest BCUT2D eigenvalue weighted by Gasteiger charge is -2.31. The molecule has 0 heterocycles. The Morgan fingerprint density at radius 3 is 2.59 bits per heavy atom. The molecule has 1 aliphatic rings. The summed E-state index contributed by atoms with van der Waals surface area (Å²) in [4.78, 5) is 28.0. The summed E-state index contributed by atoms with van der Waals surface area (Å²) in [6, 6.07) is 12.6. The van der Waals surface area contributed by atoms with Crippen LogP contribution in [0.2, 0.25) is 5.02 Å². The van der Waals surface area contributed by atoms with Crippen molar-refractivity contribution in [3.8, 4) is 5.75 Å². The van der Waals surface area contributed by atoms with Gasteiger partial charge >= 0.3 is 0 Å². The van der Waals surface area contributed by atoms with Crippen molar-refractivity contribution in [2.45, 2.75) is 64.6 Å². The molecule has 0 radical (unpaired) electrons. The van der Waals surface area contributed by atoms with Crippen molar-refractivity contribution in [1.82, 2.24) is 10.2 Å². The Morgan fingerprint density at radius 2 is 1.94 bits per heavy atom. The molecule has 7 heteroatoms. The van der Waals surface area contributed by atoms with Crippen LogP contribution in [-0.4, -0.2) is 35.4 Å². The highest BCUT2D eigenvalue weighted by Crippen LogP contribution is 2.23. The molecule has 0 unspecified atom stereocenters. The van der Waals surface area contributed by atoms with Crippen LogP contribution in [0.1, 0.15) is 50.2 Å². The number of benzene rings is 2. The summed E-state index contributed by atoms with van der Waals surface area (Å²) >= 11 is 9.84. The van der Waals surface area contributed by atoms with Gasteiger partial charge in [0.2, 0.25) is 5.91 Å². The molecule has 32 heavy (non-hydrogen) atoms. The number of hydrogen-bond donors (Lipinski definition) is 1. The minimum atomic E-state index is -0.588. The zero-order valence-corrected chi connectivity index (χ0v) is 20.9. The number of aryl methyl sites for hydroxylation is 1. The molecule has 0 bridgehead atoms. The number of carbonyl (C=O) groups is 2. The SMILES string of the molecule is CC[C@@H](C(=O)NC1CCCC1)N(Cc1ccccc1Cl)C(=O)COc1ccc(Br)c(C)c1. The zero-order chi connectivity index (χ0) is 23.1. The lowest BCUT2D eigenvalue weighted by atomic mass is 10.1. The molecule has 5 nitrogen and oxygen atoms in total. The Labute approximate surface area is 203 Å². The summed E-state index contributed by atoms with van der Waals surface area (Å²) in [5.41, 5.74) is 1.82. The van der Waals surface area contributed by atoms with Crippen LogP contribution in [0.3, 0.4) is 0 Å². The number of nitrogens with one attached hydrogen (secondary N) is 1. The molecule has 0 aromatic heterocycles. The molecular formula is C25H30BrClN2O3. The van der Waals surface area contributed by atoms with Gasteiger partial charge in [-0.15, -0.1) is 0 Å². The third kappa shape index (κ3) is 6.48. The van der Waals surface area contributed by atoms with Crippen molar-refractivity contribution in [3.05, 3.63) is 63.1 Å². The number of halogens is 2. The molecule has 2 amide bonds. The highest BCUT2D eigenvalue weighted by molar-refractivity contribution is 9.10. The van der Waals surface area contributed by atoms with Crippen molar-refractivity contribution in [2.24, 2.45) is 0 Å². The topological polar surface area (TPSA) is 58.6 Å². The summed E-state index contributed by atoms with van der Waals surface area (Å²) in [5.74, 6) is 0.249. The Hall–Kier alpha value is -2.05. The second-order valence-electron chi connectivity index (χ2n) is 8.23. The highest BCUT2D eigenvalue weighted by atomic mass is 79.9. The third-order valence-corrected chi connectivity index (χ3v) is 7.14. The number of carbonyl (C=O) groups excluding carboxylic acids is 2. The van der Waals surface area contributed by atoms with Crippen LogP contribution in [0.5, 0.6) is 5.75 Å².